The second-order valence-electron chi connectivity index (χ2n) is 3.67. The average molecular weight is 242 g/mol. The van der Waals surface area contributed by atoms with Gasteiger partial charge in [-0.15, -0.1) is 0 Å². The molecule has 2 N–H and O–H groups in total. The fraction of sp³-hybridized carbons (Fsp3) is 0.364. The molecule has 0 radical (unpaired) electrons. The van der Waals surface area contributed by atoms with E-state index in [-0.39, 0.29) is 6.04 Å². The first-order valence-electron chi connectivity index (χ1n) is 5.00. The molecule has 1 heterocycles. The lowest BCUT2D eigenvalue weighted by Gasteiger charge is -2.28. The zero-order valence-electron chi connectivity index (χ0n) is 8.52. The molecule has 1 aliphatic rings. The van der Waals surface area contributed by atoms with E-state index in [1.54, 1.807) is 0 Å². The topological polar surface area (TPSA) is 58.6 Å². The summed E-state index contributed by atoms with van der Waals surface area (Å²) in [7, 11) is 0. The number of benzene rings is 1. The predicted molar refractivity (Wildman–Crippen MR) is 59.6 cm³/mol. The third-order valence-corrected chi connectivity index (χ3v) is 2.81. The molecule has 2 rings (SSSR count). The monoisotopic (exact) mass is 241 g/mol. The molecule has 5 heteroatoms. The summed E-state index contributed by atoms with van der Waals surface area (Å²) in [4.78, 5) is 10.7. The second kappa shape index (κ2) is 4.82. The van der Waals surface area contributed by atoms with Crippen LogP contribution < -0.4 is 5.32 Å². The second-order valence-corrected chi connectivity index (χ2v) is 4.11. The van der Waals surface area contributed by atoms with E-state index in [1.165, 1.54) is 0 Å². The maximum atomic E-state index is 10.7. The van der Waals surface area contributed by atoms with E-state index >= 15 is 0 Å². The van der Waals surface area contributed by atoms with Crippen molar-refractivity contribution < 1.29 is 14.6 Å². The molecular weight excluding hydrogens is 230 g/mol. The number of carboxylic acids is 1. The van der Waals surface area contributed by atoms with Crippen LogP contribution >= 0.6 is 11.6 Å². The van der Waals surface area contributed by atoms with Crippen LogP contribution in [0.15, 0.2) is 24.3 Å². The van der Waals surface area contributed by atoms with Crippen LogP contribution in [0, 0.1) is 0 Å². The molecule has 4 nitrogen and oxygen atoms in total. The number of nitrogens with one attached hydrogen (secondary N) is 1. The van der Waals surface area contributed by atoms with Gasteiger partial charge in [0.1, 0.15) is 0 Å². The molecular formula is C11H12ClNO3. The molecule has 0 aliphatic carbocycles. The molecule has 1 saturated heterocycles. The lowest BCUT2D eigenvalue weighted by molar-refractivity contribution is -0.153. The highest BCUT2D eigenvalue weighted by Crippen LogP contribution is 2.19. The van der Waals surface area contributed by atoms with Gasteiger partial charge in [-0.2, -0.15) is 0 Å². The number of ether oxygens (including phenoxy) is 1. The number of hydrogen-bond acceptors (Lipinski definition) is 3. The van der Waals surface area contributed by atoms with Crippen molar-refractivity contribution in [1.29, 1.82) is 0 Å². The van der Waals surface area contributed by atoms with Crippen LogP contribution in [-0.2, 0) is 9.53 Å². The molecule has 0 saturated carbocycles. The van der Waals surface area contributed by atoms with Crippen molar-refractivity contribution in [3.8, 4) is 0 Å². The Morgan fingerprint density at radius 2 is 2.12 bits per heavy atom. The quantitative estimate of drug-likeness (QED) is 0.823. The van der Waals surface area contributed by atoms with Crippen molar-refractivity contribution >= 4 is 17.6 Å². The molecule has 0 aromatic heterocycles. The number of carboxylic acid groups (broad SMARTS) is 1. The van der Waals surface area contributed by atoms with Gasteiger partial charge in [0.2, 0.25) is 0 Å². The Labute approximate surface area is 98.2 Å². The smallest absolute Gasteiger partial charge is 0.334 e. The lowest BCUT2D eigenvalue weighted by atomic mass is 10.1. The molecule has 1 aromatic rings. The van der Waals surface area contributed by atoms with Crippen molar-refractivity contribution in [2.75, 3.05) is 13.2 Å². The van der Waals surface area contributed by atoms with E-state index in [0.717, 1.165) is 5.56 Å². The third kappa shape index (κ3) is 2.52. The molecule has 2 atom stereocenters. The van der Waals surface area contributed by atoms with Crippen LogP contribution in [0.1, 0.15) is 11.6 Å². The standard InChI is InChI=1S/C11H12ClNO3/c12-8-3-1-7(2-4-8)9-6-16-10(5-13-9)11(14)15/h1-4,9-10,13H,5-6H2,(H,14,15). The summed E-state index contributed by atoms with van der Waals surface area (Å²) in [6.45, 7) is 0.682. The maximum Gasteiger partial charge on any atom is 0.334 e. The minimum Gasteiger partial charge on any atom is -0.479 e. The highest BCUT2D eigenvalue weighted by Gasteiger charge is 2.26. The molecule has 2 unspecified atom stereocenters. The zero-order valence-corrected chi connectivity index (χ0v) is 9.28. The Morgan fingerprint density at radius 3 is 2.62 bits per heavy atom. The van der Waals surface area contributed by atoms with Gasteiger partial charge < -0.3 is 15.2 Å². The van der Waals surface area contributed by atoms with Crippen LogP contribution in [0.4, 0.5) is 0 Å². The van der Waals surface area contributed by atoms with Gasteiger partial charge in [-0.05, 0) is 17.7 Å². The van der Waals surface area contributed by atoms with Gasteiger partial charge in [-0.1, -0.05) is 23.7 Å². The SMILES string of the molecule is O=C(O)C1CNC(c2ccc(Cl)cc2)CO1. The fourth-order valence-corrected chi connectivity index (χ4v) is 1.77. The maximum absolute atomic E-state index is 10.7. The minimum absolute atomic E-state index is 0.0351. The normalized spacial score (nSPS) is 25.3. The van der Waals surface area contributed by atoms with Gasteiger partial charge in [0.05, 0.1) is 12.6 Å². The van der Waals surface area contributed by atoms with E-state index in [2.05, 4.69) is 5.32 Å². The van der Waals surface area contributed by atoms with Gasteiger partial charge in [0, 0.05) is 11.6 Å². The Hall–Kier alpha value is -1.10. The Kier molecular flexibility index (Phi) is 3.43. The summed E-state index contributed by atoms with van der Waals surface area (Å²) in [5, 5.41) is 12.6. The molecule has 1 aromatic carbocycles. The van der Waals surface area contributed by atoms with Crippen LogP contribution in [0.25, 0.3) is 0 Å². The van der Waals surface area contributed by atoms with Crippen molar-refractivity contribution in [2.45, 2.75) is 12.1 Å². The number of rotatable bonds is 2. The van der Waals surface area contributed by atoms with Crippen LogP contribution in [-0.4, -0.2) is 30.3 Å². The van der Waals surface area contributed by atoms with E-state index in [4.69, 9.17) is 21.4 Å². The molecule has 1 aliphatic heterocycles. The largest absolute Gasteiger partial charge is 0.479 e. The molecule has 0 amide bonds. The van der Waals surface area contributed by atoms with Gasteiger partial charge in [0.15, 0.2) is 6.10 Å². The van der Waals surface area contributed by atoms with E-state index in [0.29, 0.717) is 18.2 Å². The molecule has 0 spiro atoms. The first-order valence-corrected chi connectivity index (χ1v) is 5.38. The summed E-state index contributed by atoms with van der Waals surface area (Å²) in [5.41, 5.74) is 1.05. The number of aliphatic carboxylic acids is 1. The highest BCUT2D eigenvalue weighted by molar-refractivity contribution is 6.30. The van der Waals surface area contributed by atoms with Crippen LogP contribution in [0.3, 0.4) is 0 Å². The average Bonchev–Trinajstić information content (AvgIpc) is 2.30. The van der Waals surface area contributed by atoms with Gasteiger partial charge in [0.25, 0.3) is 0 Å². The molecule has 86 valence electrons. The predicted octanol–water partition coefficient (Wildman–Crippen LogP) is 1.45. The highest BCUT2D eigenvalue weighted by atomic mass is 35.5. The van der Waals surface area contributed by atoms with Crippen molar-refractivity contribution in [3.05, 3.63) is 34.9 Å². The lowest BCUT2D eigenvalue weighted by Crippen LogP contribution is -2.44. The van der Waals surface area contributed by atoms with E-state index < -0.39 is 12.1 Å². The van der Waals surface area contributed by atoms with E-state index in [1.807, 2.05) is 24.3 Å². The van der Waals surface area contributed by atoms with Crippen molar-refractivity contribution in [1.82, 2.24) is 5.32 Å². The summed E-state index contributed by atoms with van der Waals surface area (Å²) < 4.78 is 5.24. The number of carbonyl (C=O) groups is 1. The summed E-state index contributed by atoms with van der Waals surface area (Å²) in [6.07, 6.45) is -0.747. The Morgan fingerprint density at radius 1 is 1.44 bits per heavy atom. The molecule has 16 heavy (non-hydrogen) atoms. The number of morpholine rings is 1. The van der Waals surface area contributed by atoms with Gasteiger partial charge in [-0.3, -0.25) is 0 Å². The molecule has 0 bridgehead atoms. The Bertz CT molecular complexity index is 371. The van der Waals surface area contributed by atoms with E-state index in [9.17, 15) is 4.79 Å². The molecule has 1 fully saturated rings. The van der Waals surface area contributed by atoms with Gasteiger partial charge in [-0.25, -0.2) is 4.79 Å². The third-order valence-electron chi connectivity index (χ3n) is 2.56. The number of hydrogen-bond donors (Lipinski definition) is 2. The van der Waals surface area contributed by atoms with Gasteiger partial charge >= 0.3 is 5.97 Å². The first kappa shape index (κ1) is 11.4. The van der Waals surface area contributed by atoms with Crippen LogP contribution in [0.2, 0.25) is 5.02 Å². The zero-order chi connectivity index (χ0) is 11.5. The first-order chi connectivity index (χ1) is 7.66. The summed E-state index contributed by atoms with van der Waals surface area (Å²) >= 11 is 5.79. The fourth-order valence-electron chi connectivity index (χ4n) is 1.65. The number of halogens is 1. The Balaban J connectivity index is 1.99. The summed E-state index contributed by atoms with van der Waals surface area (Å²) in [6, 6.07) is 7.46. The van der Waals surface area contributed by atoms with Crippen molar-refractivity contribution in [2.24, 2.45) is 0 Å². The minimum atomic E-state index is -0.929. The van der Waals surface area contributed by atoms with Crippen LogP contribution in [0.5, 0.6) is 0 Å². The van der Waals surface area contributed by atoms with Crippen molar-refractivity contribution in [3.63, 3.8) is 0 Å². The summed E-state index contributed by atoms with van der Waals surface area (Å²) in [5.74, 6) is -0.929.